The largest absolute Gasteiger partial charge is 0.381 e. The van der Waals surface area contributed by atoms with Gasteiger partial charge >= 0.3 is 0 Å². The van der Waals surface area contributed by atoms with E-state index in [4.69, 9.17) is 27.9 Å². The maximum absolute atomic E-state index is 12.3. The van der Waals surface area contributed by atoms with Gasteiger partial charge in [-0.25, -0.2) is 13.1 Å². The molecule has 0 radical (unpaired) electrons. The highest BCUT2D eigenvalue weighted by molar-refractivity contribution is 7.90. The number of hydrogen-bond acceptors (Lipinski definition) is 3. The Morgan fingerprint density at radius 2 is 2.14 bits per heavy atom. The zero-order valence-electron chi connectivity index (χ0n) is 11.8. The van der Waals surface area contributed by atoms with Gasteiger partial charge in [-0.15, -0.1) is 0 Å². The van der Waals surface area contributed by atoms with E-state index in [1.165, 1.54) is 0 Å². The summed E-state index contributed by atoms with van der Waals surface area (Å²) in [6.45, 7) is 3.05. The highest BCUT2D eigenvalue weighted by Gasteiger charge is 2.36. The lowest BCUT2D eigenvalue weighted by atomic mass is 9.93. The predicted molar refractivity (Wildman–Crippen MR) is 85.5 cm³/mol. The zero-order valence-corrected chi connectivity index (χ0v) is 14.1. The van der Waals surface area contributed by atoms with Gasteiger partial charge in [0.15, 0.2) is 0 Å². The molecule has 0 saturated carbocycles. The van der Waals surface area contributed by atoms with Crippen LogP contribution in [0.3, 0.4) is 0 Å². The van der Waals surface area contributed by atoms with Gasteiger partial charge in [0.1, 0.15) is 0 Å². The molecular formula is C14H19Cl2NO3S. The van der Waals surface area contributed by atoms with Crippen LogP contribution < -0.4 is 4.72 Å². The molecule has 21 heavy (non-hydrogen) atoms. The fourth-order valence-electron chi connectivity index (χ4n) is 2.67. The summed E-state index contributed by atoms with van der Waals surface area (Å²) in [6.07, 6.45) is 1.03. The average molecular weight is 352 g/mol. The van der Waals surface area contributed by atoms with Crippen molar-refractivity contribution >= 4 is 33.2 Å². The molecule has 0 aliphatic carbocycles. The molecule has 1 N–H and O–H groups in total. The summed E-state index contributed by atoms with van der Waals surface area (Å²) in [5.41, 5.74) is 0.858. The fraction of sp³-hybridized carbons (Fsp3) is 0.571. The van der Waals surface area contributed by atoms with Gasteiger partial charge in [0, 0.05) is 29.1 Å². The number of ether oxygens (including phenoxy) is 1. The van der Waals surface area contributed by atoms with E-state index in [9.17, 15) is 8.42 Å². The molecule has 0 unspecified atom stereocenters. The molecule has 0 aromatic heterocycles. The van der Waals surface area contributed by atoms with Gasteiger partial charge in [-0.1, -0.05) is 30.1 Å². The number of benzene rings is 1. The van der Waals surface area contributed by atoms with Crippen LogP contribution in [0.2, 0.25) is 10.0 Å². The number of nitrogens with one attached hydrogen (secondary N) is 1. The summed E-state index contributed by atoms with van der Waals surface area (Å²) in [7, 11) is -3.33. The summed E-state index contributed by atoms with van der Waals surface area (Å²) < 4.78 is 32.7. The Bertz CT molecular complexity index is 592. The molecular weight excluding hydrogens is 333 g/mol. The number of rotatable bonds is 5. The second-order valence-electron chi connectivity index (χ2n) is 5.14. The van der Waals surface area contributed by atoms with E-state index in [2.05, 4.69) is 4.72 Å². The first-order valence-electron chi connectivity index (χ1n) is 6.94. The predicted octanol–water partition coefficient (Wildman–Crippen LogP) is 2.88. The van der Waals surface area contributed by atoms with Crippen LogP contribution in [-0.2, 0) is 21.2 Å². The van der Waals surface area contributed by atoms with Crippen LogP contribution in [0.1, 0.15) is 18.9 Å². The minimum atomic E-state index is -3.33. The van der Waals surface area contributed by atoms with Gasteiger partial charge in [-0.3, -0.25) is 0 Å². The molecule has 1 aromatic rings. The number of hydrogen-bond donors (Lipinski definition) is 1. The van der Waals surface area contributed by atoms with Crippen molar-refractivity contribution in [2.24, 2.45) is 5.92 Å². The van der Waals surface area contributed by atoms with Crippen molar-refractivity contribution in [2.75, 3.05) is 19.8 Å². The van der Waals surface area contributed by atoms with Gasteiger partial charge in [0.2, 0.25) is 10.0 Å². The lowest BCUT2D eigenvalue weighted by molar-refractivity contribution is 0.0570. The third kappa shape index (κ3) is 4.33. The first-order valence-corrected chi connectivity index (χ1v) is 9.24. The second-order valence-corrected chi connectivity index (χ2v) is 7.97. The molecule has 0 amide bonds. The molecule has 1 heterocycles. The minimum Gasteiger partial charge on any atom is -0.381 e. The van der Waals surface area contributed by atoms with E-state index >= 15 is 0 Å². The molecule has 1 aliphatic heterocycles. The molecule has 7 heteroatoms. The Kier molecular flexibility index (Phi) is 5.91. The van der Waals surface area contributed by atoms with Crippen LogP contribution in [-0.4, -0.2) is 33.4 Å². The standard InChI is InChI=1S/C14H19Cl2NO3S/c1-2-17-21(18,19)14-5-6-20-9-11(14)7-10-8-12(15)3-4-13(10)16/h3-4,8,11,14,17H,2,5-7,9H2,1H3/t11-,14-/m0/s1. The SMILES string of the molecule is CCNS(=O)(=O)[C@H]1CCOC[C@@H]1Cc1cc(Cl)ccc1Cl. The molecule has 4 nitrogen and oxygen atoms in total. The van der Waals surface area contributed by atoms with Crippen LogP contribution in [0, 0.1) is 5.92 Å². The van der Waals surface area contributed by atoms with E-state index in [0.29, 0.717) is 42.6 Å². The van der Waals surface area contributed by atoms with Crippen LogP contribution in [0.25, 0.3) is 0 Å². The first kappa shape index (κ1) is 17.0. The second kappa shape index (κ2) is 7.29. The summed E-state index contributed by atoms with van der Waals surface area (Å²) >= 11 is 12.2. The van der Waals surface area contributed by atoms with Gasteiger partial charge < -0.3 is 4.74 Å². The Morgan fingerprint density at radius 1 is 1.38 bits per heavy atom. The highest BCUT2D eigenvalue weighted by atomic mass is 35.5. The van der Waals surface area contributed by atoms with E-state index in [1.54, 1.807) is 25.1 Å². The van der Waals surface area contributed by atoms with Crippen molar-refractivity contribution in [1.29, 1.82) is 0 Å². The lowest BCUT2D eigenvalue weighted by Gasteiger charge is -2.31. The molecule has 1 aromatic carbocycles. The Labute approximate surface area is 135 Å². The van der Waals surface area contributed by atoms with Gasteiger partial charge in [0.05, 0.1) is 11.9 Å². The third-order valence-electron chi connectivity index (χ3n) is 3.64. The van der Waals surface area contributed by atoms with Crippen molar-refractivity contribution in [3.63, 3.8) is 0 Å². The quantitative estimate of drug-likeness (QED) is 0.887. The summed E-state index contributed by atoms with van der Waals surface area (Å²) in [6, 6.07) is 5.24. The average Bonchev–Trinajstić information content (AvgIpc) is 2.43. The van der Waals surface area contributed by atoms with E-state index in [0.717, 1.165) is 5.56 Å². The Hall–Kier alpha value is -0.330. The molecule has 1 aliphatic rings. The smallest absolute Gasteiger partial charge is 0.214 e. The van der Waals surface area contributed by atoms with Crippen LogP contribution >= 0.6 is 23.2 Å². The Morgan fingerprint density at radius 3 is 2.86 bits per heavy atom. The molecule has 118 valence electrons. The van der Waals surface area contributed by atoms with Crippen LogP contribution in [0.5, 0.6) is 0 Å². The van der Waals surface area contributed by atoms with Gasteiger partial charge in [0.25, 0.3) is 0 Å². The van der Waals surface area contributed by atoms with Crippen molar-refractivity contribution in [3.8, 4) is 0 Å². The summed E-state index contributed by atoms with van der Waals surface area (Å²) in [5.74, 6) is -0.126. The molecule has 0 bridgehead atoms. The molecule has 1 saturated heterocycles. The topological polar surface area (TPSA) is 55.4 Å². The fourth-order valence-corrected chi connectivity index (χ4v) is 4.76. The summed E-state index contributed by atoms with van der Waals surface area (Å²) in [5, 5.41) is 0.739. The number of halogens is 2. The molecule has 2 rings (SSSR count). The van der Waals surface area contributed by atoms with E-state index < -0.39 is 15.3 Å². The van der Waals surface area contributed by atoms with Crippen molar-refractivity contribution in [2.45, 2.75) is 25.0 Å². The van der Waals surface area contributed by atoms with Crippen molar-refractivity contribution < 1.29 is 13.2 Å². The van der Waals surface area contributed by atoms with E-state index in [-0.39, 0.29) is 5.92 Å². The van der Waals surface area contributed by atoms with Crippen molar-refractivity contribution in [1.82, 2.24) is 4.72 Å². The molecule has 1 fully saturated rings. The van der Waals surface area contributed by atoms with Gasteiger partial charge in [-0.05, 0) is 36.6 Å². The lowest BCUT2D eigenvalue weighted by Crippen LogP contribution is -2.44. The summed E-state index contributed by atoms with van der Waals surface area (Å²) in [4.78, 5) is 0. The van der Waals surface area contributed by atoms with Crippen LogP contribution in [0.15, 0.2) is 18.2 Å². The minimum absolute atomic E-state index is 0.126. The molecule has 2 atom stereocenters. The first-order chi connectivity index (χ1) is 9.94. The van der Waals surface area contributed by atoms with E-state index in [1.807, 2.05) is 0 Å². The highest BCUT2D eigenvalue weighted by Crippen LogP contribution is 2.29. The Balaban J connectivity index is 2.21. The molecule has 0 spiro atoms. The number of sulfonamides is 1. The van der Waals surface area contributed by atoms with Crippen molar-refractivity contribution in [3.05, 3.63) is 33.8 Å². The van der Waals surface area contributed by atoms with Crippen LogP contribution in [0.4, 0.5) is 0 Å². The zero-order chi connectivity index (χ0) is 15.5. The third-order valence-corrected chi connectivity index (χ3v) is 6.35. The van der Waals surface area contributed by atoms with Gasteiger partial charge in [-0.2, -0.15) is 0 Å². The normalized spacial score (nSPS) is 23.2. The maximum Gasteiger partial charge on any atom is 0.214 e. The maximum atomic E-state index is 12.3. The monoisotopic (exact) mass is 351 g/mol.